The smallest absolute Gasteiger partial charge is 0.324 e. The summed E-state index contributed by atoms with van der Waals surface area (Å²) in [7, 11) is 0. The van der Waals surface area contributed by atoms with E-state index in [1.807, 2.05) is 30.3 Å². The van der Waals surface area contributed by atoms with E-state index < -0.39 is 6.03 Å². The standard InChI is InChI=1S/C16H11Cl2N3O2/c17-11-7-4-8-12(15(11)18)19-16(22)20-14-9-13(23-21-14)10-5-2-1-3-6-10/h1-9H,(H2,19,20,21,22). The van der Waals surface area contributed by atoms with Gasteiger partial charge < -0.3 is 9.84 Å². The normalized spacial score (nSPS) is 10.3. The minimum absolute atomic E-state index is 0.273. The minimum atomic E-state index is -0.498. The van der Waals surface area contributed by atoms with Crippen LogP contribution in [-0.4, -0.2) is 11.2 Å². The Kier molecular flexibility index (Phi) is 4.50. The molecule has 0 aliphatic rings. The highest BCUT2D eigenvalue weighted by Crippen LogP contribution is 2.29. The molecule has 2 amide bonds. The second-order valence-electron chi connectivity index (χ2n) is 4.62. The molecular weight excluding hydrogens is 337 g/mol. The first kappa shape index (κ1) is 15.4. The molecule has 0 spiro atoms. The number of carbonyl (C=O) groups is 1. The second-order valence-corrected chi connectivity index (χ2v) is 5.41. The van der Waals surface area contributed by atoms with Crippen LogP contribution in [0.5, 0.6) is 0 Å². The van der Waals surface area contributed by atoms with Gasteiger partial charge in [0.1, 0.15) is 0 Å². The van der Waals surface area contributed by atoms with Crippen molar-refractivity contribution in [3.8, 4) is 11.3 Å². The van der Waals surface area contributed by atoms with Gasteiger partial charge in [-0.25, -0.2) is 4.79 Å². The summed E-state index contributed by atoms with van der Waals surface area (Å²) in [5, 5.41) is 9.61. The molecule has 3 rings (SSSR count). The monoisotopic (exact) mass is 347 g/mol. The van der Waals surface area contributed by atoms with Gasteiger partial charge in [-0.15, -0.1) is 0 Å². The molecule has 3 aromatic rings. The Balaban J connectivity index is 1.69. The van der Waals surface area contributed by atoms with Crippen LogP contribution in [0.2, 0.25) is 10.0 Å². The first-order valence-electron chi connectivity index (χ1n) is 6.67. The molecule has 0 aliphatic heterocycles. The molecule has 0 bridgehead atoms. The average Bonchev–Trinajstić information content (AvgIpc) is 3.01. The fraction of sp³-hybridized carbons (Fsp3) is 0. The maximum Gasteiger partial charge on any atom is 0.324 e. The van der Waals surface area contributed by atoms with E-state index in [0.29, 0.717) is 22.3 Å². The van der Waals surface area contributed by atoms with Gasteiger partial charge in [-0.2, -0.15) is 0 Å². The van der Waals surface area contributed by atoms with Crippen LogP contribution in [0.25, 0.3) is 11.3 Å². The third-order valence-electron chi connectivity index (χ3n) is 3.01. The van der Waals surface area contributed by atoms with Crippen LogP contribution < -0.4 is 10.6 Å². The van der Waals surface area contributed by atoms with E-state index in [1.165, 1.54) is 0 Å². The van der Waals surface area contributed by atoms with Crippen LogP contribution in [-0.2, 0) is 0 Å². The molecule has 2 aromatic carbocycles. The van der Waals surface area contributed by atoms with Crippen molar-refractivity contribution in [2.24, 2.45) is 0 Å². The number of aromatic nitrogens is 1. The van der Waals surface area contributed by atoms with Crippen LogP contribution >= 0.6 is 23.2 Å². The van der Waals surface area contributed by atoms with Crippen molar-refractivity contribution < 1.29 is 9.32 Å². The maximum atomic E-state index is 12.0. The number of amides is 2. The van der Waals surface area contributed by atoms with Gasteiger partial charge in [0, 0.05) is 11.6 Å². The van der Waals surface area contributed by atoms with Gasteiger partial charge in [0.2, 0.25) is 0 Å². The van der Waals surface area contributed by atoms with Crippen molar-refractivity contribution >= 4 is 40.7 Å². The predicted octanol–water partition coefficient (Wildman–Crippen LogP) is 5.29. The highest BCUT2D eigenvalue weighted by atomic mass is 35.5. The molecule has 0 aliphatic carbocycles. The van der Waals surface area contributed by atoms with E-state index in [2.05, 4.69) is 15.8 Å². The summed E-state index contributed by atoms with van der Waals surface area (Å²) in [6, 6.07) is 15.6. The van der Waals surface area contributed by atoms with Crippen molar-refractivity contribution in [2.45, 2.75) is 0 Å². The van der Waals surface area contributed by atoms with Crippen LogP contribution in [0.1, 0.15) is 0 Å². The second kappa shape index (κ2) is 6.73. The Morgan fingerprint density at radius 1 is 1.00 bits per heavy atom. The number of anilines is 2. The van der Waals surface area contributed by atoms with Crippen LogP contribution in [0, 0.1) is 0 Å². The molecule has 0 atom stereocenters. The zero-order valence-corrected chi connectivity index (χ0v) is 13.2. The molecule has 7 heteroatoms. The summed E-state index contributed by atoms with van der Waals surface area (Å²) in [6.45, 7) is 0. The van der Waals surface area contributed by atoms with Gasteiger partial charge in [-0.05, 0) is 12.1 Å². The van der Waals surface area contributed by atoms with Crippen LogP contribution in [0.4, 0.5) is 16.3 Å². The third-order valence-corrected chi connectivity index (χ3v) is 3.83. The van der Waals surface area contributed by atoms with Gasteiger partial charge in [-0.3, -0.25) is 5.32 Å². The Morgan fingerprint density at radius 2 is 1.78 bits per heavy atom. The van der Waals surface area contributed by atoms with E-state index in [-0.39, 0.29) is 5.02 Å². The molecule has 0 fully saturated rings. The molecular formula is C16H11Cl2N3O2. The largest absolute Gasteiger partial charge is 0.354 e. The van der Waals surface area contributed by atoms with E-state index >= 15 is 0 Å². The highest BCUT2D eigenvalue weighted by molar-refractivity contribution is 6.44. The lowest BCUT2D eigenvalue weighted by Crippen LogP contribution is -2.19. The average molecular weight is 348 g/mol. The first-order chi connectivity index (χ1) is 11.1. The van der Waals surface area contributed by atoms with Crippen molar-refractivity contribution in [3.05, 3.63) is 64.6 Å². The number of urea groups is 1. The number of hydrogen-bond donors (Lipinski definition) is 2. The van der Waals surface area contributed by atoms with Gasteiger partial charge >= 0.3 is 6.03 Å². The third kappa shape index (κ3) is 3.64. The summed E-state index contributed by atoms with van der Waals surface area (Å²) in [5.41, 5.74) is 1.27. The quantitative estimate of drug-likeness (QED) is 0.676. The Bertz CT molecular complexity index is 834. The van der Waals surface area contributed by atoms with Crippen LogP contribution in [0.15, 0.2) is 59.1 Å². The van der Waals surface area contributed by atoms with Gasteiger partial charge in [0.15, 0.2) is 11.6 Å². The van der Waals surface area contributed by atoms with E-state index in [4.69, 9.17) is 27.7 Å². The molecule has 2 N–H and O–H groups in total. The predicted molar refractivity (Wildman–Crippen MR) is 91.0 cm³/mol. The van der Waals surface area contributed by atoms with Crippen molar-refractivity contribution in [2.75, 3.05) is 10.6 Å². The molecule has 0 saturated heterocycles. The topological polar surface area (TPSA) is 67.2 Å². The first-order valence-corrected chi connectivity index (χ1v) is 7.43. The lowest BCUT2D eigenvalue weighted by Gasteiger charge is -2.07. The number of nitrogens with one attached hydrogen (secondary N) is 2. The number of hydrogen-bond acceptors (Lipinski definition) is 3. The number of carbonyl (C=O) groups excluding carboxylic acids is 1. The van der Waals surface area contributed by atoms with Gasteiger partial charge in [-0.1, -0.05) is 64.8 Å². The van der Waals surface area contributed by atoms with Crippen molar-refractivity contribution in [3.63, 3.8) is 0 Å². The lowest BCUT2D eigenvalue weighted by atomic mass is 10.2. The number of nitrogens with zero attached hydrogens (tertiary/aromatic N) is 1. The van der Waals surface area contributed by atoms with Crippen molar-refractivity contribution in [1.82, 2.24) is 5.16 Å². The van der Waals surface area contributed by atoms with E-state index in [9.17, 15) is 4.79 Å². The molecule has 116 valence electrons. The summed E-state index contributed by atoms with van der Waals surface area (Å²) in [6.07, 6.45) is 0. The van der Waals surface area contributed by atoms with Gasteiger partial charge in [0.25, 0.3) is 0 Å². The molecule has 0 radical (unpaired) electrons. The SMILES string of the molecule is O=C(Nc1cc(-c2ccccc2)on1)Nc1cccc(Cl)c1Cl. The zero-order valence-electron chi connectivity index (χ0n) is 11.7. The highest BCUT2D eigenvalue weighted by Gasteiger charge is 2.11. The van der Waals surface area contributed by atoms with Crippen LogP contribution in [0.3, 0.4) is 0 Å². The molecule has 5 nitrogen and oxygen atoms in total. The minimum Gasteiger partial charge on any atom is -0.354 e. The van der Waals surface area contributed by atoms with Crippen molar-refractivity contribution in [1.29, 1.82) is 0 Å². The maximum absolute atomic E-state index is 12.0. The summed E-state index contributed by atoms with van der Waals surface area (Å²) < 4.78 is 5.20. The summed E-state index contributed by atoms with van der Waals surface area (Å²) in [4.78, 5) is 12.0. The van der Waals surface area contributed by atoms with Gasteiger partial charge in [0.05, 0.1) is 15.7 Å². The Hall–Kier alpha value is -2.50. The molecule has 0 saturated carbocycles. The number of rotatable bonds is 3. The molecule has 23 heavy (non-hydrogen) atoms. The Labute approximate surface area is 142 Å². The molecule has 1 heterocycles. The summed E-state index contributed by atoms with van der Waals surface area (Å²) in [5.74, 6) is 0.848. The van der Waals surface area contributed by atoms with E-state index in [1.54, 1.807) is 24.3 Å². The zero-order chi connectivity index (χ0) is 16.2. The lowest BCUT2D eigenvalue weighted by molar-refractivity contribution is 0.262. The molecule has 0 unspecified atom stereocenters. The molecule has 1 aromatic heterocycles. The Morgan fingerprint density at radius 3 is 2.57 bits per heavy atom. The fourth-order valence-electron chi connectivity index (χ4n) is 1.94. The fourth-order valence-corrected chi connectivity index (χ4v) is 2.29. The van der Waals surface area contributed by atoms with E-state index in [0.717, 1.165) is 5.56 Å². The number of halogens is 2. The number of benzene rings is 2. The summed E-state index contributed by atoms with van der Waals surface area (Å²) >= 11 is 11.9.